The van der Waals surface area contributed by atoms with Gasteiger partial charge in [0.05, 0.1) is 43.8 Å². The van der Waals surface area contributed by atoms with Crippen molar-refractivity contribution in [2.75, 3.05) is 32.8 Å². The van der Waals surface area contributed by atoms with Gasteiger partial charge in [-0.15, -0.1) is 0 Å². The molecule has 3 heterocycles. The average Bonchev–Trinajstić information content (AvgIpc) is 3.19. The van der Waals surface area contributed by atoms with Gasteiger partial charge in [0.2, 0.25) is 0 Å². The maximum atomic E-state index is 14.8. The fraction of sp³-hybridized carbons (Fsp3) is 0.320. The number of pyridine rings is 2. The first-order chi connectivity index (χ1) is 17.6. The van der Waals surface area contributed by atoms with Crippen molar-refractivity contribution in [1.29, 1.82) is 0 Å². The maximum absolute atomic E-state index is 14.8. The van der Waals surface area contributed by atoms with Gasteiger partial charge in [-0.05, 0) is 43.7 Å². The van der Waals surface area contributed by atoms with Gasteiger partial charge in [0.25, 0.3) is 5.88 Å². The first-order valence-corrected chi connectivity index (χ1v) is 13.4. The quantitative estimate of drug-likeness (QED) is 0.350. The van der Waals surface area contributed by atoms with E-state index in [1.807, 2.05) is 0 Å². The molecule has 1 unspecified atom stereocenters. The molecule has 0 aliphatic heterocycles. The molecule has 0 spiro atoms. The fourth-order valence-corrected chi connectivity index (χ4v) is 5.08. The van der Waals surface area contributed by atoms with E-state index >= 15 is 0 Å². The molecule has 37 heavy (non-hydrogen) atoms. The zero-order valence-corrected chi connectivity index (χ0v) is 21.8. The van der Waals surface area contributed by atoms with Crippen LogP contribution in [0.3, 0.4) is 0 Å². The number of H-pyrrole nitrogens is 1. The number of halogens is 1. The van der Waals surface area contributed by atoms with E-state index in [-0.39, 0.29) is 22.8 Å². The Labute approximate surface area is 213 Å². The molecule has 0 radical (unpaired) electrons. The minimum Gasteiger partial charge on any atom is -0.497 e. The summed E-state index contributed by atoms with van der Waals surface area (Å²) in [7, 11) is -0.660. The highest BCUT2D eigenvalue weighted by Gasteiger charge is 2.28. The van der Waals surface area contributed by atoms with Crippen LogP contribution in [0.15, 0.2) is 41.3 Å². The second-order valence-electron chi connectivity index (χ2n) is 8.43. The lowest BCUT2D eigenvalue weighted by Gasteiger charge is -2.19. The minimum absolute atomic E-state index is 0.176. The summed E-state index contributed by atoms with van der Waals surface area (Å²) in [5, 5.41) is 0. The summed E-state index contributed by atoms with van der Waals surface area (Å²) in [5.41, 5.74) is 1.60. The number of imidazole rings is 1. The van der Waals surface area contributed by atoms with Crippen LogP contribution in [0.25, 0.3) is 22.3 Å². The van der Waals surface area contributed by atoms with Crippen molar-refractivity contribution < 1.29 is 27.0 Å². The smallest absolute Gasteiger partial charge is 0.328 e. The van der Waals surface area contributed by atoms with Crippen LogP contribution in [0, 0.1) is 12.7 Å². The van der Waals surface area contributed by atoms with Gasteiger partial charge in [-0.25, -0.2) is 27.6 Å². The van der Waals surface area contributed by atoms with Crippen LogP contribution < -0.4 is 19.9 Å². The summed E-state index contributed by atoms with van der Waals surface area (Å²) in [6.07, 6.45) is 2.53. The fourth-order valence-electron chi connectivity index (χ4n) is 4.19. The Balaban J connectivity index is 1.91. The molecule has 0 amide bonds. The van der Waals surface area contributed by atoms with Crippen LogP contribution in [-0.4, -0.2) is 60.8 Å². The van der Waals surface area contributed by atoms with Crippen molar-refractivity contribution in [2.45, 2.75) is 19.9 Å². The van der Waals surface area contributed by atoms with Crippen LogP contribution in [-0.2, 0) is 9.84 Å². The van der Waals surface area contributed by atoms with Crippen molar-refractivity contribution in [3.8, 4) is 28.5 Å². The third kappa shape index (κ3) is 5.15. The zero-order chi connectivity index (χ0) is 26.9. The topological polar surface area (TPSA) is 125 Å². The Kier molecular flexibility index (Phi) is 7.21. The van der Waals surface area contributed by atoms with Gasteiger partial charge >= 0.3 is 5.69 Å². The SMILES string of the molecule is CCOc1nc(C(CS(C)(=O)=O)n2c(=O)[nH]c3c(C)c(-c4ccc(OC)cc4F)cnc32)ccc1OC. The molecule has 10 nitrogen and oxygen atoms in total. The van der Waals surface area contributed by atoms with E-state index in [1.54, 1.807) is 38.1 Å². The van der Waals surface area contributed by atoms with Crippen LogP contribution >= 0.6 is 0 Å². The van der Waals surface area contributed by atoms with Crippen molar-refractivity contribution in [3.05, 3.63) is 64.1 Å². The van der Waals surface area contributed by atoms with Crippen molar-refractivity contribution >= 4 is 21.0 Å². The molecular weight excluding hydrogens is 503 g/mol. The maximum Gasteiger partial charge on any atom is 0.328 e. The lowest BCUT2D eigenvalue weighted by Crippen LogP contribution is -2.29. The van der Waals surface area contributed by atoms with Gasteiger partial charge < -0.3 is 19.2 Å². The number of sulfone groups is 1. The van der Waals surface area contributed by atoms with E-state index < -0.39 is 33.1 Å². The zero-order valence-electron chi connectivity index (χ0n) is 21.0. The van der Waals surface area contributed by atoms with Crippen LogP contribution in [0.5, 0.6) is 17.4 Å². The molecule has 4 aromatic rings. The van der Waals surface area contributed by atoms with E-state index in [1.165, 1.54) is 31.0 Å². The Morgan fingerprint density at radius 1 is 1.14 bits per heavy atom. The first kappa shape index (κ1) is 26.1. The van der Waals surface area contributed by atoms with Gasteiger partial charge in [-0.2, -0.15) is 0 Å². The Hall–Kier alpha value is -3.93. The lowest BCUT2D eigenvalue weighted by molar-refractivity contribution is 0.296. The number of methoxy groups -OCH3 is 2. The van der Waals surface area contributed by atoms with Crippen molar-refractivity contribution in [3.63, 3.8) is 0 Å². The summed E-state index contributed by atoms with van der Waals surface area (Å²) < 4.78 is 56.8. The number of hydrogen-bond acceptors (Lipinski definition) is 8. The molecule has 1 aromatic carbocycles. The van der Waals surface area contributed by atoms with Crippen LogP contribution in [0.2, 0.25) is 0 Å². The highest BCUT2D eigenvalue weighted by atomic mass is 32.2. The molecule has 0 saturated carbocycles. The van der Waals surface area contributed by atoms with E-state index in [0.717, 1.165) is 6.26 Å². The molecule has 1 atom stereocenters. The second-order valence-corrected chi connectivity index (χ2v) is 10.6. The molecule has 4 rings (SSSR count). The Morgan fingerprint density at radius 2 is 1.89 bits per heavy atom. The summed E-state index contributed by atoms with van der Waals surface area (Å²) in [6, 6.07) is 6.63. The molecule has 0 aliphatic rings. The number of benzene rings is 1. The number of aryl methyl sites for hydroxylation is 1. The third-order valence-electron chi connectivity index (χ3n) is 5.93. The summed E-state index contributed by atoms with van der Waals surface area (Å²) >= 11 is 0. The first-order valence-electron chi connectivity index (χ1n) is 11.4. The number of hydrogen-bond donors (Lipinski definition) is 1. The van der Waals surface area contributed by atoms with Crippen molar-refractivity contribution in [1.82, 2.24) is 19.5 Å². The van der Waals surface area contributed by atoms with Gasteiger partial charge in [0, 0.05) is 29.6 Å². The van der Waals surface area contributed by atoms with Gasteiger partial charge in [0.15, 0.2) is 11.4 Å². The Bertz CT molecular complexity index is 1630. The van der Waals surface area contributed by atoms with Crippen LogP contribution in [0.1, 0.15) is 24.2 Å². The number of rotatable bonds is 9. The standard InChI is InChI=1S/C25H27FN4O6S/c1-6-36-24-21(35-4)10-9-19(28-24)20(13-37(5,32)33)30-23-22(29-25(30)31)14(2)17(12-27-23)16-8-7-15(34-3)11-18(16)26/h7-12,20H,6,13H2,1-5H3,(H,29,31). The molecule has 1 N–H and O–H groups in total. The monoisotopic (exact) mass is 530 g/mol. The number of ether oxygens (including phenoxy) is 3. The van der Waals surface area contributed by atoms with Gasteiger partial charge in [-0.3, -0.25) is 4.57 Å². The molecule has 0 saturated heterocycles. The number of nitrogens with zero attached hydrogens (tertiary/aromatic N) is 3. The molecule has 0 fully saturated rings. The minimum atomic E-state index is -3.57. The molecule has 0 aliphatic carbocycles. The predicted octanol–water partition coefficient (Wildman–Crippen LogP) is 3.28. The largest absolute Gasteiger partial charge is 0.497 e. The summed E-state index contributed by atoms with van der Waals surface area (Å²) in [4.78, 5) is 24.9. The molecule has 3 aromatic heterocycles. The summed E-state index contributed by atoms with van der Waals surface area (Å²) in [6.45, 7) is 3.82. The van der Waals surface area contributed by atoms with Crippen LogP contribution in [0.4, 0.5) is 4.39 Å². The average molecular weight is 531 g/mol. The number of fused-ring (bicyclic) bond motifs is 1. The molecular formula is C25H27FN4O6S. The van der Waals surface area contributed by atoms with E-state index in [4.69, 9.17) is 14.2 Å². The predicted molar refractivity (Wildman–Crippen MR) is 137 cm³/mol. The second kappa shape index (κ2) is 10.2. The van der Waals surface area contributed by atoms with Gasteiger partial charge in [-0.1, -0.05) is 0 Å². The van der Waals surface area contributed by atoms with E-state index in [2.05, 4.69) is 15.0 Å². The van der Waals surface area contributed by atoms with E-state index in [0.29, 0.717) is 34.7 Å². The van der Waals surface area contributed by atoms with Gasteiger partial charge in [0.1, 0.15) is 21.4 Å². The number of nitrogens with one attached hydrogen (secondary N) is 1. The molecule has 196 valence electrons. The summed E-state index contributed by atoms with van der Waals surface area (Å²) in [5.74, 6) is -0.00785. The normalized spacial score (nSPS) is 12.5. The van der Waals surface area contributed by atoms with E-state index in [9.17, 15) is 17.6 Å². The molecule has 0 bridgehead atoms. The number of aromatic nitrogens is 4. The highest BCUT2D eigenvalue weighted by Crippen LogP contribution is 2.33. The molecule has 12 heteroatoms. The third-order valence-corrected chi connectivity index (χ3v) is 6.85. The van der Waals surface area contributed by atoms with Crippen molar-refractivity contribution in [2.24, 2.45) is 0 Å². The Morgan fingerprint density at radius 3 is 2.51 bits per heavy atom. The number of aromatic amines is 1. The lowest BCUT2D eigenvalue weighted by atomic mass is 10.0. The highest BCUT2D eigenvalue weighted by molar-refractivity contribution is 7.90.